The zero-order valence-corrected chi connectivity index (χ0v) is 16.6. The molecule has 0 fully saturated rings. The quantitative estimate of drug-likeness (QED) is 0.439. The van der Waals surface area contributed by atoms with E-state index in [2.05, 4.69) is 16.2 Å². The van der Waals surface area contributed by atoms with E-state index in [9.17, 15) is 14.4 Å². The van der Waals surface area contributed by atoms with E-state index in [0.29, 0.717) is 28.0 Å². The maximum atomic E-state index is 12.4. The lowest BCUT2D eigenvalue weighted by Gasteiger charge is -2.08. The maximum Gasteiger partial charge on any atom is 0.305 e. The number of nitrogens with one attached hydrogen (secondary N) is 3. The summed E-state index contributed by atoms with van der Waals surface area (Å²) in [6.07, 6.45) is 0. The van der Waals surface area contributed by atoms with E-state index in [1.807, 2.05) is 24.3 Å². The van der Waals surface area contributed by atoms with Gasteiger partial charge in [0.15, 0.2) is 5.76 Å². The third kappa shape index (κ3) is 4.30. The van der Waals surface area contributed by atoms with Crippen LogP contribution in [-0.4, -0.2) is 17.7 Å². The number of para-hydroxylation sites is 1. The highest BCUT2D eigenvalue weighted by atomic mass is 16.3. The number of rotatable bonds is 4. The molecular formula is C24H19N3O4. The van der Waals surface area contributed by atoms with E-state index < -0.39 is 11.8 Å². The Balaban J connectivity index is 1.37. The van der Waals surface area contributed by atoms with Crippen molar-refractivity contribution >= 4 is 34.4 Å². The molecule has 0 unspecified atom stereocenters. The van der Waals surface area contributed by atoms with Crippen LogP contribution in [0.15, 0.2) is 83.3 Å². The molecule has 3 N–H and O–H groups in total. The summed E-state index contributed by atoms with van der Waals surface area (Å²) < 4.78 is 5.58. The Morgan fingerprint density at radius 3 is 2.00 bits per heavy atom. The Morgan fingerprint density at radius 2 is 1.29 bits per heavy atom. The van der Waals surface area contributed by atoms with Gasteiger partial charge in [0, 0.05) is 27.8 Å². The van der Waals surface area contributed by atoms with Gasteiger partial charge in [-0.15, -0.1) is 0 Å². The summed E-state index contributed by atoms with van der Waals surface area (Å²) in [5.74, 6) is -1.15. The van der Waals surface area contributed by atoms with Crippen molar-refractivity contribution in [1.82, 2.24) is 10.9 Å². The van der Waals surface area contributed by atoms with Crippen molar-refractivity contribution in [3.8, 4) is 0 Å². The molecule has 1 heterocycles. The van der Waals surface area contributed by atoms with E-state index in [0.717, 1.165) is 5.39 Å². The van der Waals surface area contributed by atoms with E-state index in [-0.39, 0.29) is 11.7 Å². The zero-order valence-electron chi connectivity index (χ0n) is 16.6. The predicted molar refractivity (Wildman–Crippen MR) is 117 cm³/mol. The highest BCUT2D eigenvalue weighted by Gasteiger charge is 2.18. The molecule has 31 heavy (non-hydrogen) atoms. The summed E-state index contributed by atoms with van der Waals surface area (Å²) in [5, 5.41) is 3.60. The minimum Gasteiger partial charge on any atom is -0.451 e. The molecule has 7 nitrogen and oxygen atoms in total. The second-order valence-corrected chi connectivity index (χ2v) is 6.86. The highest BCUT2D eigenvalue weighted by molar-refractivity contribution is 6.05. The van der Waals surface area contributed by atoms with Crippen LogP contribution in [0.25, 0.3) is 11.0 Å². The summed E-state index contributed by atoms with van der Waals surface area (Å²) >= 11 is 0. The van der Waals surface area contributed by atoms with Crippen molar-refractivity contribution in [2.75, 3.05) is 5.32 Å². The largest absolute Gasteiger partial charge is 0.451 e. The molecule has 0 spiro atoms. The van der Waals surface area contributed by atoms with Crippen molar-refractivity contribution in [2.45, 2.75) is 6.92 Å². The number of benzene rings is 3. The second-order valence-electron chi connectivity index (χ2n) is 6.86. The van der Waals surface area contributed by atoms with Gasteiger partial charge in [-0.05, 0) is 49.4 Å². The van der Waals surface area contributed by atoms with Gasteiger partial charge in [-0.3, -0.25) is 25.2 Å². The summed E-state index contributed by atoms with van der Waals surface area (Å²) in [7, 11) is 0. The minimum absolute atomic E-state index is 0.139. The molecule has 3 amide bonds. The SMILES string of the molecule is Cc1c(C(=O)NNC(=O)c2ccc(NC(=O)c3ccccc3)cc2)oc2ccccc12. The number of fused-ring (bicyclic) bond motifs is 1. The monoisotopic (exact) mass is 413 g/mol. The van der Waals surface area contributed by atoms with Crippen LogP contribution in [0.3, 0.4) is 0 Å². The smallest absolute Gasteiger partial charge is 0.305 e. The third-order valence-electron chi connectivity index (χ3n) is 4.78. The Hall–Kier alpha value is -4.39. The highest BCUT2D eigenvalue weighted by Crippen LogP contribution is 2.24. The molecule has 1 aromatic heterocycles. The molecule has 154 valence electrons. The molecule has 0 aliphatic heterocycles. The first-order chi connectivity index (χ1) is 15.0. The van der Waals surface area contributed by atoms with E-state index in [1.54, 1.807) is 61.5 Å². The summed E-state index contributed by atoms with van der Waals surface area (Å²) in [4.78, 5) is 37.0. The Labute approximate surface area is 178 Å². The maximum absolute atomic E-state index is 12.4. The van der Waals surface area contributed by atoms with Gasteiger partial charge in [-0.1, -0.05) is 36.4 Å². The molecule has 0 atom stereocenters. The van der Waals surface area contributed by atoms with Crippen LogP contribution in [0.4, 0.5) is 5.69 Å². The summed E-state index contributed by atoms with van der Waals surface area (Å²) in [6, 6.07) is 22.5. The fourth-order valence-corrected chi connectivity index (χ4v) is 3.13. The van der Waals surface area contributed by atoms with Gasteiger partial charge in [-0.25, -0.2) is 0 Å². The molecule has 0 aliphatic carbocycles. The number of aryl methyl sites for hydroxylation is 1. The van der Waals surface area contributed by atoms with E-state index >= 15 is 0 Å². The molecule has 0 saturated heterocycles. The van der Waals surface area contributed by atoms with Crippen LogP contribution in [0.2, 0.25) is 0 Å². The van der Waals surface area contributed by atoms with Crippen molar-refractivity contribution < 1.29 is 18.8 Å². The van der Waals surface area contributed by atoms with Crippen LogP contribution >= 0.6 is 0 Å². The van der Waals surface area contributed by atoms with Gasteiger partial charge in [-0.2, -0.15) is 0 Å². The molecule has 0 aliphatic rings. The Kier molecular flexibility index (Phi) is 5.49. The third-order valence-corrected chi connectivity index (χ3v) is 4.78. The van der Waals surface area contributed by atoms with Crippen molar-refractivity contribution in [3.05, 3.63) is 101 Å². The van der Waals surface area contributed by atoms with Crippen LogP contribution < -0.4 is 16.2 Å². The van der Waals surface area contributed by atoms with Gasteiger partial charge < -0.3 is 9.73 Å². The predicted octanol–water partition coefficient (Wildman–Crippen LogP) is 4.07. The van der Waals surface area contributed by atoms with Crippen LogP contribution in [0.5, 0.6) is 0 Å². The van der Waals surface area contributed by atoms with Crippen molar-refractivity contribution in [2.24, 2.45) is 0 Å². The number of hydrazine groups is 1. The first-order valence-corrected chi connectivity index (χ1v) is 9.58. The number of hydrogen-bond acceptors (Lipinski definition) is 4. The summed E-state index contributed by atoms with van der Waals surface area (Å²) in [6.45, 7) is 1.78. The molecule has 7 heteroatoms. The zero-order chi connectivity index (χ0) is 21.8. The number of carbonyl (C=O) groups is 3. The molecule has 4 rings (SSSR count). The average Bonchev–Trinajstić information content (AvgIpc) is 3.15. The molecular weight excluding hydrogens is 394 g/mol. The Morgan fingerprint density at radius 1 is 0.677 bits per heavy atom. The minimum atomic E-state index is -0.547. The van der Waals surface area contributed by atoms with Crippen LogP contribution in [-0.2, 0) is 0 Å². The fourth-order valence-electron chi connectivity index (χ4n) is 3.13. The normalized spacial score (nSPS) is 10.5. The molecule has 0 radical (unpaired) electrons. The summed E-state index contributed by atoms with van der Waals surface area (Å²) in [5.41, 5.74) is 7.43. The number of carbonyl (C=O) groups excluding carboxylic acids is 3. The number of anilines is 1. The lowest BCUT2D eigenvalue weighted by Crippen LogP contribution is -2.41. The van der Waals surface area contributed by atoms with E-state index in [1.165, 1.54) is 0 Å². The second kappa shape index (κ2) is 8.54. The van der Waals surface area contributed by atoms with Crippen LogP contribution in [0, 0.1) is 6.92 Å². The first-order valence-electron chi connectivity index (χ1n) is 9.58. The van der Waals surface area contributed by atoms with Crippen molar-refractivity contribution in [3.63, 3.8) is 0 Å². The standard InChI is InChI=1S/C24H19N3O4/c1-15-19-9-5-6-10-20(19)31-21(15)24(30)27-26-23(29)17-11-13-18(14-12-17)25-22(28)16-7-3-2-4-8-16/h2-14H,1H3,(H,25,28)(H,26,29)(H,27,30). The van der Waals surface area contributed by atoms with Gasteiger partial charge in [0.05, 0.1) is 0 Å². The first kappa shape index (κ1) is 19.9. The molecule has 0 bridgehead atoms. The Bertz CT molecular complexity index is 1260. The van der Waals surface area contributed by atoms with Gasteiger partial charge in [0.25, 0.3) is 11.8 Å². The van der Waals surface area contributed by atoms with Crippen LogP contribution in [0.1, 0.15) is 36.8 Å². The van der Waals surface area contributed by atoms with Gasteiger partial charge >= 0.3 is 5.91 Å². The van der Waals surface area contributed by atoms with Crippen molar-refractivity contribution in [1.29, 1.82) is 0 Å². The topological polar surface area (TPSA) is 100 Å². The lowest BCUT2D eigenvalue weighted by molar-refractivity contribution is 0.0831. The average molecular weight is 413 g/mol. The van der Waals surface area contributed by atoms with Gasteiger partial charge in [0.2, 0.25) is 0 Å². The number of amides is 3. The number of furan rings is 1. The molecule has 0 saturated carbocycles. The number of hydrogen-bond donors (Lipinski definition) is 3. The molecule has 4 aromatic rings. The lowest BCUT2D eigenvalue weighted by atomic mass is 10.1. The fraction of sp³-hybridized carbons (Fsp3) is 0.0417. The molecule has 3 aromatic carbocycles. The van der Waals surface area contributed by atoms with Gasteiger partial charge in [0.1, 0.15) is 5.58 Å². The van der Waals surface area contributed by atoms with E-state index in [4.69, 9.17) is 4.42 Å².